The van der Waals surface area contributed by atoms with Gasteiger partial charge in [-0.3, -0.25) is 4.79 Å². The van der Waals surface area contributed by atoms with E-state index in [0.717, 1.165) is 35.2 Å². The Morgan fingerprint density at radius 2 is 1.74 bits per heavy atom. The van der Waals surface area contributed by atoms with Crippen molar-refractivity contribution in [3.8, 4) is 5.75 Å². The first-order chi connectivity index (χ1) is 16.6. The van der Waals surface area contributed by atoms with Gasteiger partial charge >= 0.3 is 6.09 Å². The average molecular weight is 478 g/mol. The Bertz CT molecular complexity index is 1240. The lowest BCUT2D eigenvalue weighted by Crippen LogP contribution is -2.47. The standard InChI is InChI=1S/C28H35N3O4/c1-28(2,3)35-27(33)30-16-13-22(14-17-30)29(4)23-8-11-25-21(18-23)12-15-31(26(25)32)19-20-6-9-24(34-5)10-7-20/h6-12,15,18,22H,13-14,16-17,19H2,1-5H3. The number of pyridine rings is 1. The molecule has 0 unspecified atom stereocenters. The Balaban J connectivity index is 1.44. The van der Waals surface area contributed by atoms with Gasteiger partial charge in [0.2, 0.25) is 0 Å². The predicted octanol–water partition coefficient (Wildman–Crippen LogP) is 4.89. The van der Waals surface area contributed by atoms with Gasteiger partial charge in [-0.2, -0.15) is 0 Å². The van der Waals surface area contributed by atoms with Gasteiger partial charge in [0, 0.05) is 43.4 Å². The quantitative estimate of drug-likeness (QED) is 0.523. The molecule has 0 spiro atoms. The smallest absolute Gasteiger partial charge is 0.410 e. The molecule has 1 amide bonds. The van der Waals surface area contributed by atoms with Crippen molar-refractivity contribution in [1.82, 2.24) is 9.47 Å². The summed E-state index contributed by atoms with van der Waals surface area (Å²) in [6, 6.07) is 16.1. The fourth-order valence-corrected chi connectivity index (χ4v) is 4.52. The van der Waals surface area contributed by atoms with Crippen LogP contribution in [0.1, 0.15) is 39.2 Å². The summed E-state index contributed by atoms with van der Waals surface area (Å²) >= 11 is 0. The number of ether oxygens (including phenoxy) is 2. The summed E-state index contributed by atoms with van der Waals surface area (Å²) in [5.41, 5.74) is 1.63. The molecule has 0 radical (unpaired) electrons. The maximum atomic E-state index is 13.1. The van der Waals surface area contributed by atoms with E-state index in [4.69, 9.17) is 9.47 Å². The average Bonchev–Trinajstić information content (AvgIpc) is 2.84. The molecule has 1 fully saturated rings. The Hall–Kier alpha value is -3.48. The molecule has 1 aliphatic heterocycles. The number of rotatable bonds is 5. The van der Waals surface area contributed by atoms with Crippen molar-refractivity contribution in [3.05, 3.63) is 70.6 Å². The molecule has 1 aromatic heterocycles. The van der Waals surface area contributed by atoms with Crippen LogP contribution in [0, 0.1) is 0 Å². The Morgan fingerprint density at radius 1 is 1.06 bits per heavy atom. The van der Waals surface area contributed by atoms with Crippen molar-refractivity contribution >= 4 is 22.6 Å². The number of aromatic nitrogens is 1. The number of amides is 1. The van der Waals surface area contributed by atoms with Crippen LogP contribution in [0.2, 0.25) is 0 Å². The molecule has 186 valence electrons. The monoisotopic (exact) mass is 477 g/mol. The molecule has 0 bridgehead atoms. The maximum absolute atomic E-state index is 13.1. The molecular formula is C28H35N3O4. The zero-order chi connectivity index (χ0) is 25.2. The molecular weight excluding hydrogens is 442 g/mol. The lowest BCUT2D eigenvalue weighted by atomic mass is 10.0. The Kier molecular flexibility index (Phi) is 7.05. The Labute approximate surface area is 206 Å². The fourth-order valence-electron chi connectivity index (χ4n) is 4.52. The zero-order valence-corrected chi connectivity index (χ0v) is 21.3. The number of likely N-dealkylation sites (tertiary alicyclic amines) is 1. The predicted molar refractivity (Wildman–Crippen MR) is 140 cm³/mol. The van der Waals surface area contributed by atoms with Gasteiger partial charge in [-0.1, -0.05) is 12.1 Å². The van der Waals surface area contributed by atoms with E-state index < -0.39 is 5.60 Å². The molecule has 7 nitrogen and oxygen atoms in total. The molecule has 2 aromatic carbocycles. The molecule has 35 heavy (non-hydrogen) atoms. The number of carbonyl (C=O) groups is 1. The number of piperidine rings is 1. The summed E-state index contributed by atoms with van der Waals surface area (Å²) < 4.78 is 12.5. The number of benzene rings is 2. The molecule has 4 rings (SSSR count). The van der Waals surface area contributed by atoms with Gasteiger partial charge in [0.25, 0.3) is 5.56 Å². The maximum Gasteiger partial charge on any atom is 0.410 e. The number of fused-ring (bicyclic) bond motifs is 1. The SMILES string of the molecule is COc1ccc(Cn2ccc3cc(N(C)C4CCN(C(=O)OC(C)(C)C)CC4)ccc3c2=O)cc1. The minimum atomic E-state index is -0.483. The second-order valence-corrected chi connectivity index (χ2v) is 10.2. The second-order valence-electron chi connectivity index (χ2n) is 10.2. The topological polar surface area (TPSA) is 64.0 Å². The normalized spacial score (nSPS) is 14.7. The molecule has 3 aromatic rings. The van der Waals surface area contributed by atoms with E-state index >= 15 is 0 Å². The van der Waals surface area contributed by atoms with Gasteiger partial charge in [-0.25, -0.2) is 4.79 Å². The number of hydrogen-bond donors (Lipinski definition) is 0. The van der Waals surface area contributed by atoms with Crippen LogP contribution in [0.15, 0.2) is 59.5 Å². The van der Waals surface area contributed by atoms with Crippen LogP contribution in [-0.4, -0.2) is 54.5 Å². The van der Waals surface area contributed by atoms with E-state index in [1.165, 1.54) is 0 Å². The summed E-state index contributed by atoms with van der Waals surface area (Å²) in [6.07, 6.45) is 3.36. The first kappa shape index (κ1) is 24.6. The highest BCUT2D eigenvalue weighted by atomic mass is 16.6. The molecule has 0 atom stereocenters. The summed E-state index contributed by atoms with van der Waals surface area (Å²) in [6.45, 7) is 7.52. The van der Waals surface area contributed by atoms with Crippen molar-refractivity contribution in [2.24, 2.45) is 0 Å². The van der Waals surface area contributed by atoms with Crippen LogP contribution in [0.4, 0.5) is 10.5 Å². The van der Waals surface area contributed by atoms with Crippen molar-refractivity contribution in [3.63, 3.8) is 0 Å². The van der Waals surface area contributed by atoms with Crippen LogP contribution in [-0.2, 0) is 11.3 Å². The van der Waals surface area contributed by atoms with E-state index in [1.807, 2.05) is 69.4 Å². The largest absolute Gasteiger partial charge is 0.497 e. The van der Waals surface area contributed by atoms with Crippen LogP contribution in [0.5, 0.6) is 5.75 Å². The number of carbonyl (C=O) groups excluding carboxylic acids is 1. The highest BCUT2D eigenvalue weighted by Crippen LogP contribution is 2.26. The van der Waals surface area contributed by atoms with Gasteiger partial charge in [0.05, 0.1) is 13.7 Å². The van der Waals surface area contributed by atoms with Crippen LogP contribution in [0.25, 0.3) is 10.8 Å². The third kappa shape index (κ3) is 5.78. The van der Waals surface area contributed by atoms with Gasteiger partial charge in [0.1, 0.15) is 11.4 Å². The van der Waals surface area contributed by atoms with Crippen LogP contribution in [0.3, 0.4) is 0 Å². The minimum absolute atomic E-state index is 0.00168. The summed E-state index contributed by atoms with van der Waals surface area (Å²) in [7, 11) is 3.72. The van der Waals surface area contributed by atoms with Crippen molar-refractivity contribution in [2.75, 3.05) is 32.1 Å². The number of hydrogen-bond acceptors (Lipinski definition) is 5. The molecule has 1 aliphatic rings. The third-order valence-corrected chi connectivity index (χ3v) is 6.54. The molecule has 0 aliphatic carbocycles. The highest BCUT2D eigenvalue weighted by molar-refractivity contribution is 5.85. The molecule has 7 heteroatoms. The lowest BCUT2D eigenvalue weighted by Gasteiger charge is -2.38. The molecule has 0 N–H and O–H groups in total. The van der Waals surface area contributed by atoms with E-state index in [1.54, 1.807) is 16.6 Å². The van der Waals surface area contributed by atoms with E-state index in [9.17, 15) is 9.59 Å². The van der Waals surface area contributed by atoms with Crippen molar-refractivity contribution < 1.29 is 14.3 Å². The lowest BCUT2D eigenvalue weighted by molar-refractivity contribution is 0.0205. The number of anilines is 1. The first-order valence-corrected chi connectivity index (χ1v) is 12.1. The number of methoxy groups -OCH3 is 1. The summed E-state index contributed by atoms with van der Waals surface area (Å²) in [5, 5.41) is 1.63. The van der Waals surface area contributed by atoms with Crippen molar-refractivity contribution in [2.45, 2.75) is 51.8 Å². The van der Waals surface area contributed by atoms with E-state index in [0.29, 0.717) is 31.1 Å². The third-order valence-electron chi connectivity index (χ3n) is 6.54. The summed E-state index contributed by atoms with van der Waals surface area (Å²) in [5.74, 6) is 0.798. The first-order valence-electron chi connectivity index (χ1n) is 12.1. The van der Waals surface area contributed by atoms with Gasteiger partial charge in [-0.15, -0.1) is 0 Å². The van der Waals surface area contributed by atoms with Crippen LogP contribution < -0.4 is 15.2 Å². The van der Waals surface area contributed by atoms with E-state index in [-0.39, 0.29) is 11.7 Å². The molecule has 0 saturated carbocycles. The molecule has 1 saturated heterocycles. The van der Waals surface area contributed by atoms with Gasteiger partial charge in [-0.05, 0) is 81.0 Å². The van der Waals surface area contributed by atoms with Crippen LogP contribution >= 0.6 is 0 Å². The van der Waals surface area contributed by atoms with Crippen molar-refractivity contribution in [1.29, 1.82) is 0 Å². The summed E-state index contributed by atoms with van der Waals surface area (Å²) in [4.78, 5) is 29.5. The van der Waals surface area contributed by atoms with Gasteiger partial charge in [0.15, 0.2) is 0 Å². The van der Waals surface area contributed by atoms with Gasteiger partial charge < -0.3 is 23.8 Å². The number of nitrogens with zero attached hydrogens (tertiary/aromatic N) is 3. The Morgan fingerprint density at radius 3 is 2.37 bits per heavy atom. The second kappa shape index (κ2) is 10.0. The highest BCUT2D eigenvalue weighted by Gasteiger charge is 2.28. The fraction of sp³-hybridized carbons (Fsp3) is 0.429. The van der Waals surface area contributed by atoms with E-state index in [2.05, 4.69) is 18.0 Å². The minimum Gasteiger partial charge on any atom is -0.497 e. The zero-order valence-electron chi connectivity index (χ0n) is 21.3. The molecule has 2 heterocycles.